The predicted octanol–water partition coefficient (Wildman–Crippen LogP) is 5.96. The fourth-order valence-corrected chi connectivity index (χ4v) is 11.1. The molecule has 0 saturated carbocycles. The molecule has 228 valence electrons. The lowest BCUT2D eigenvalue weighted by Gasteiger charge is -2.39. The standard InChI is InChI=1S/C39H36N4OP2/c1-39(2)33-21-27(42)23-35(45(29-9-5-3-6-10-29)31-17-13-25(40)14-18-31)37(33)44-38-34(39)22-28(43)24-36(38)46(30-11-7-4-8-12-30)32-19-15-26(41)16-20-32/h3-24H,40-43H2,1-2H3. The molecule has 1 heterocycles. The van der Waals surface area contributed by atoms with E-state index in [1.54, 1.807) is 0 Å². The molecule has 6 aromatic carbocycles. The number of nitrogen functional groups attached to an aromatic ring is 4. The van der Waals surface area contributed by atoms with Crippen LogP contribution in [0, 0.1) is 0 Å². The Balaban J connectivity index is 1.49. The number of benzene rings is 6. The van der Waals surface area contributed by atoms with Crippen LogP contribution in [0.5, 0.6) is 11.5 Å². The summed E-state index contributed by atoms with van der Waals surface area (Å²) in [5.41, 5.74) is 30.2. The van der Waals surface area contributed by atoms with Crippen molar-refractivity contribution in [2.24, 2.45) is 0 Å². The molecule has 2 atom stereocenters. The Morgan fingerprint density at radius 3 is 1.15 bits per heavy atom. The summed E-state index contributed by atoms with van der Waals surface area (Å²) < 4.78 is 7.25. The molecule has 46 heavy (non-hydrogen) atoms. The first-order valence-electron chi connectivity index (χ1n) is 15.2. The van der Waals surface area contributed by atoms with E-state index < -0.39 is 21.3 Å². The second-order valence-electron chi connectivity index (χ2n) is 12.1. The molecule has 8 N–H and O–H groups in total. The third kappa shape index (κ3) is 5.36. The molecular formula is C39H36N4OP2. The highest BCUT2D eigenvalue weighted by molar-refractivity contribution is 7.80. The van der Waals surface area contributed by atoms with Crippen molar-refractivity contribution >= 4 is 70.4 Å². The van der Waals surface area contributed by atoms with E-state index >= 15 is 0 Å². The normalized spacial score (nSPS) is 14.4. The highest BCUT2D eigenvalue weighted by Crippen LogP contribution is 2.53. The Hall–Kier alpha value is -4.82. The zero-order valence-corrected chi connectivity index (χ0v) is 27.6. The zero-order chi connectivity index (χ0) is 32.0. The van der Waals surface area contributed by atoms with Crippen LogP contribution in [0.1, 0.15) is 25.0 Å². The molecular weight excluding hydrogens is 602 g/mol. The van der Waals surface area contributed by atoms with E-state index in [-0.39, 0.29) is 0 Å². The van der Waals surface area contributed by atoms with Crippen LogP contribution in [0.2, 0.25) is 0 Å². The molecule has 0 amide bonds. The van der Waals surface area contributed by atoms with Gasteiger partial charge in [-0.05, 0) is 85.6 Å². The number of anilines is 4. The lowest BCUT2D eigenvalue weighted by molar-refractivity contribution is 0.425. The van der Waals surface area contributed by atoms with Crippen molar-refractivity contribution in [2.45, 2.75) is 19.3 Å². The van der Waals surface area contributed by atoms with Crippen LogP contribution in [0.3, 0.4) is 0 Å². The highest BCUT2D eigenvalue weighted by atomic mass is 31.1. The molecule has 0 fully saturated rings. The maximum Gasteiger partial charge on any atom is 0.140 e. The lowest BCUT2D eigenvalue weighted by Crippen LogP contribution is -2.33. The van der Waals surface area contributed by atoms with Gasteiger partial charge in [-0.15, -0.1) is 0 Å². The number of rotatable bonds is 6. The van der Waals surface area contributed by atoms with Crippen molar-refractivity contribution in [3.8, 4) is 11.5 Å². The van der Waals surface area contributed by atoms with Gasteiger partial charge in [-0.2, -0.15) is 0 Å². The van der Waals surface area contributed by atoms with Crippen LogP contribution in [0.25, 0.3) is 0 Å². The van der Waals surface area contributed by atoms with Crippen LogP contribution in [0.4, 0.5) is 22.7 Å². The molecule has 6 aromatic rings. The first-order chi connectivity index (χ1) is 22.2. The maximum atomic E-state index is 7.25. The van der Waals surface area contributed by atoms with E-state index in [0.29, 0.717) is 11.4 Å². The van der Waals surface area contributed by atoms with Crippen molar-refractivity contribution in [2.75, 3.05) is 22.9 Å². The summed E-state index contributed by atoms with van der Waals surface area (Å²) in [7, 11) is -2.07. The minimum Gasteiger partial charge on any atom is -0.455 e. The Morgan fingerprint density at radius 1 is 0.435 bits per heavy atom. The second kappa shape index (κ2) is 11.8. The van der Waals surface area contributed by atoms with Gasteiger partial charge in [0.15, 0.2) is 0 Å². The summed E-state index contributed by atoms with van der Waals surface area (Å²) in [6, 6.07) is 45.8. The average molecular weight is 639 g/mol. The Labute approximate surface area is 272 Å². The van der Waals surface area contributed by atoms with Crippen LogP contribution in [-0.4, -0.2) is 0 Å². The first kappa shape index (κ1) is 29.9. The second-order valence-corrected chi connectivity index (χ2v) is 16.5. The molecule has 0 bridgehead atoms. The van der Waals surface area contributed by atoms with Crippen molar-refractivity contribution in [1.82, 2.24) is 0 Å². The van der Waals surface area contributed by atoms with Crippen LogP contribution in [0.15, 0.2) is 133 Å². The summed E-state index contributed by atoms with van der Waals surface area (Å²) in [6.07, 6.45) is 0. The quantitative estimate of drug-likeness (QED) is 0.133. The minimum absolute atomic E-state index is 0.450. The third-order valence-electron chi connectivity index (χ3n) is 8.55. The van der Waals surface area contributed by atoms with Gasteiger partial charge in [0, 0.05) is 49.9 Å². The van der Waals surface area contributed by atoms with E-state index in [2.05, 4.69) is 111 Å². The summed E-state index contributed by atoms with van der Waals surface area (Å²) in [5, 5.41) is 6.88. The number of ether oxygens (including phenoxy) is 1. The van der Waals surface area contributed by atoms with E-state index in [1.165, 1.54) is 21.2 Å². The molecule has 2 unspecified atom stereocenters. The summed E-state index contributed by atoms with van der Waals surface area (Å²) in [6.45, 7) is 4.48. The van der Waals surface area contributed by atoms with Gasteiger partial charge in [-0.3, -0.25) is 0 Å². The molecule has 5 nitrogen and oxygen atoms in total. The van der Waals surface area contributed by atoms with E-state index in [0.717, 1.165) is 44.6 Å². The highest BCUT2D eigenvalue weighted by Gasteiger charge is 2.40. The van der Waals surface area contributed by atoms with Crippen LogP contribution >= 0.6 is 15.8 Å². The number of hydrogen-bond donors (Lipinski definition) is 4. The van der Waals surface area contributed by atoms with Gasteiger partial charge in [0.05, 0.1) is 0 Å². The molecule has 0 aromatic heterocycles. The van der Waals surface area contributed by atoms with Gasteiger partial charge < -0.3 is 27.7 Å². The molecule has 7 rings (SSSR count). The molecule has 1 aliphatic rings. The summed E-state index contributed by atoms with van der Waals surface area (Å²) in [4.78, 5) is 0. The lowest BCUT2D eigenvalue weighted by atomic mass is 9.75. The predicted molar refractivity (Wildman–Crippen MR) is 200 cm³/mol. The largest absolute Gasteiger partial charge is 0.455 e. The summed E-state index contributed by atoms with van der Waals surface area (Å²) in [5.74, 6) is 1.70. The van der Waals surface area contributed by atoms with E-state index in [9.17, 15) is 0 Å². The topological polar surface area (TPSA) is 113 Å². The van der Waals surface area contributed by atoms with Crippen molar-refractivity contribution < 1.29 is 4.74 Å². The maximum absolute atomic E-state index is 7.25. The van der Waals surface area contributed by atoms with Gasteiger partial charge in [0.1, 0.15) is 11.5 Å². The van der Waals surface area contributed by atoms with Crippen LogP contribution < -0.4 is 59.5 Å². The van der Waals surface area contributed by atoms with Gasteiger partial charge in [-0.1, -0.05) is 98.8 Å². The van der Waals surface area contributed by atoms with Crippen molar-refractivity contribution in [1.29, 1.82) is 0 Å². The summed E-state index contributed by atoms with van der Waals surface area (Å²) >= 11 is 0. The smallest absolute Gasteiger partial charge is 0.140 e. The fraction of sp³-hybridized carbons (Fsp3) is 0.0769. The van der Waals surface area contributed by atoms with Gasteiger partial charge >= 0.3 is 0 Å². The SMILES string of the molecule is CC1(C)c2cc(N)cc(P(c3ccccc3)c3ccc(N)cc3)c2Oc2c(P(c3ccccc3)c3ccc(N)cc3)cc(N)cc21. The zero-order valence-electron chi connectivity index (χ0n) is 25.8. The van der Waals surface area contributed by atoms with Gasteiger partial charge in [0.2, 0.25) is 0 Å². The number of nitrogens with two attached hydrogens (primary N) is 4. The monoisotopic (exact) mass is 638 g/mol. The third-order valence-corrected chi connectivity index (χ3v) is 13.4. The number of hydrogen-bond acceptors (Lipinski definition) is 5. The van der Waals surface area contributed by atoms with E-state index in [4.69, 9.17) is 27.7 Å². The molecule has 0 spiro atoms. The molecule has 7 heteroatoms. The van der Waals surface area contributed by atoms with Crippen molar-refractivity contribution in [3.05, 3.63) is 145 Å². The molecule has 0 radical (unpaired) electrons. The Kier molecular flexibility index (Phi) is 7.69. The first-order valence-corrected chi connectivity index (χ1v) is 17.9. The minimum atomic E-state index is -1.04. The Morgan fingerprint density at radius 2 is 0.783 bits per heavy atom. The number of fused-ring (bicyclic) bond motifs is 2. The average Bonchev–Trinajstić information content (AvgIpc) is 3.05. The van der Waals surface area contributed by atoms with Gasteiger partial charge in [0.25, 0.3) is 0 Å². The Bertz CT molecular complexity index is 1880. The molecule has 1 aliphatic heterocycles. The van der Waals surface area contributed by atoms with Crippen LogP contribution in [-0.2, 0) is 5.41 Å². The van der Waals surface area contributed by atoms with E-state index in [1.807, 2.05) is 36.4 Å². The molecule has 0 aliphatic carbocycles. The van der Waals surface area contributed by atoms with Crippen molar-refractivity contribution in [3.63, 3.8) is 0 Å². The fourth-order valence-electron chi connectivity index (χ4n) is 6.25. The van der Waals surface area contributed by atoms with Gasteiger partial charge in [-0.25, -0.2) is 0 Å². The molecule has 0 saturated heterocycles.